The second kappa shape index (κ2) is 9.44. The van der Waals surface area contributed by atoms with Crippen molar-refractivity contribution >= 4 is 18.4 Å². The molecule has 0 aromatic heterocycles. The fourth-order valence-electron chi connectivity index (χ4n) is 1.55. The van der Waals surface area contributed by atoms with Gasteiger partial charge in [0.2, 0.25) is 0 Å². The molecule has 0 N–H and O–H groups in total. The monoisotopic (exact) mass is 303 g/mol. The molecule has 6 heteroatoms. The van der Waals surface area contributed by atoms with Crippen LogP contribution in [0.25, 0.3) is 0 Å². The first-order chi connectivity index (χ1) is 9.06. The van der Waals surface area contributed by atoms with Crippen molar-refractivity contribution in [3.05, 3.63) is 23.8 Å². The van der Waals surface area contributed by atoms with E-state index in [-0.39, 0.29) is 24.8 Å². The molecule has 0 bridgehead atoms. The maximum atomic E-state index is 11.6. The predicted molar refractivity (Wildman–Crippen MR) is 80.0 cm³/mol. The average molecular weight is 304 g/mol. The Labute approximate surface area is 126 Å². The van der Waals surface area contributed by atoms with E-state index in [1.54, 1.807) is 26.4 Å². The van der Waals surface area contributed by atoms with Gasteiger partial charge in [-0.3, -0.25) is 4.79 Å². The van der Waals surface area contributed by atoms with Crippen LogP contribution in [0, 0.1) is 0 Å². The number of rotatable bonds is 7. The highest BCUT2D eigenvalue weighted by atomic mass is 35.5. The molecule has 0 aliphatic carbocycles. The number of halogens is 1. The SMILES string of the molecule is COc1ccc(CC(=O)OCCN(C)C)cc1OC.Cl. The van der Waals surface area contributed by atoms with Crippen molar-refractivity contribution in [1.82, 2.24) is 4.90 Å². The quantitative estimate of drug-likeness (QED) is 0.719. The van der Waals surface area contributed by atoms with E-state index in [2.05, 4.69) is 0 Å². The van der Waals surface area contributed by atoms with E-state index in [1.165, 1.54) is 0 Å². The minimum atomic E-state index is -0.242. The fourth-order valence-corrected chi connectivity index (χ4v) is 1.55. The zero-order valence-electron chi connectivity index (χ0n) is 12.3. The largest absolute Gasteiger partial charge is 0.493 e. The Balaban J connectivity index is 0.00000361. The van der Waals surface area contributed by atoms with Crippen LogP contribution in [0.2, 0.25) is 0 Å². The summed E-state index contributed by atoms with van der Waals surface area (Å²) in [7, 11) is 7.01. The van der Waals surface area contributed by atoms with Crippen molar-refractivity contribution in [1.29, 1.82) is 0 Å². The van der Waals surface area contributed by atoms with Gasteiger partial charge < -0.3 is 19.1 Å². The van der Waals surface area contributed by atoms with Crippen LogP contribution in [-0.4, -0.2) is 52.3 Å². The molecule has 0 unspecified atom stereocenters. The van der Waals surface area contributed by atoms with Crippen molar-refractivity contribution in [2.75, 3.05) is 41.5 Å². The molecule has 0 aliphatic heterocycles. The second-order valence-corrected chi connectivity index (χ2v) is 4.39. The van der Waals surface area contributed by atoms with Gasteiger partial charge in [0, 0.05) is 6.54 Å². The first-order valence-electron chi connectivity index (χ1n) is 6.08. The molecule has 0 atom stereocenters. The molecular weight excluding hydrogens is 282 g/mol. The lowest BCUT2D eigenvalue weighted by atomic mass is 10.1. The standard InChI is InChI=1S/C14H21NO4.ClH/c1-15(2)7-8-19-14(16)10-11-5-6-12(17-3)13(9-11)18-4;/h5-6,9H,7-8,10H2,1-4H3;1H. The third-order valence-electron chi connectivity index (χ3n) is 2.60. The Morgan fingerprint density at radius 3 is 2.35 bits per heavy atom. The number of esters is 1. The number of nitrogens with zero attached hydrogens (tertiary/aromatic N) is 1. The molecule has 0 spiro atoms. The first-order valence-corrected chi connectivity index (χ1v) is 6.08. The molecular formula is C14H22ClNO4. The third kappa shape index (κ3) is 6.12. The summed E-state index contributed by atoms with van der Waals surface area (Å²) < 4.78 is 15.5. The summed E-state index contributed by atoms with van der Waals surface area (Å²) >= 11 is 0. The molecule has 0 radical (unpaired) electrons. The minimum absolute atomic E-state index is 0. The lowest BCUT2D eigenvalue weighted by Gasteiger charge is -2.11. The summed E-state index contributed by atoms with van der Waals surface area (Å²) in [6.07, 6.45) is 0.230. The smallest absolute Gasteiger partial charge is 0.310 e. The van der Waals surface area contributed by atoms with Gasteiger partial charge >= 0.3 is 5.97 Å². The Morgan fingerprint density at radius 1 is 1.15 bits per heavy atom. The molecule has 0 fully saturated rings. The molecule has 1 aromatic carbocycles. The summed E-state index contributed by atoms with van der Waals surface area (Å²) in [5.41, 5.74) is 0.840. The van der Waals surface area contributed by atoms with Crippen molar-refractivity contribution in [2.45, 2.75) is 6.42 Å². The maximum Gasteiger partial charge on any atom is 0.310 e. The van der Waals surface area contributed by atoms with Crippen molar-refractivity contribution in [2.24, 2.45) is 0 Å². The minimum Gasteiger partial charge on any atom is -0.493 e. The number of methoxy groups -OCH3 is 2. The van der Waals surface area contributed by atoms with Gasteiger partial charge in [-0.2, -0.15) is 0 Å². The van der Waals surface area contributed by atoms with Crippen LogP contribution in [0.1, 0.15) is 5.56 Å². The van der Waals surface area contributed by atoms with Crippen LogP contribution < -0.4 is 9.47 Å². The number of benzene rings is 1. The summed E-state index contributed by atoms with van der Waals surface area (Å²) in [5, 5.41) is 0. The number of carbonyl (C=O) groups is 1. The van der Waals surface area contributed by atoms with E-state index in [9.17, 15) is 4.79 Å². The van der Waals surface area contributed by atoms with Crippen LogP contribution in [-0.2, 0) is 16.0 Å². The molecule has 1 rings (SSSR count). The van der Waals surface area contributed by atoms with E-state index in [0.717, 1.165) is 12.1 Å². The molecule has 1 aromatic rings. The van der Waals surface area contributed by atoms with E-state index in [0.29, 0.717) is 18.1 Å². The Kier molecular flexibility index (Phi) is 8.76. The lowest BCUT2D eigenvalue weighted by Crippen LogP contribution is -2.20. The van der Waals surface area contributed by atoms with Gasteiger partial charge in [0.1, 0.15) is 6.61 Å². The highest BCUT2D eigenvalue weighted by Crippen LogP contribution is 2.27. The van der Waals surface area contributed by atoms with Crippen LogP contribution in [0.5, 0.6) is 11.5 Å². The Bertz CT molecular complexity index is 424. The van der Waals surface area contributed by atoms with Gasteiger partial charge in [-0.1, -0.05) is 6.07 Å². The van der Waals surface area contributed by atoms with Crippen molar-refractivity contribution in [3.63, 3.8) is 0 Å². The lowest BCUT2D eigenvalue weighted by molar-refractivity contribution is -0.143. The summed E-state index contributed by atoms with van der Waals surface area (Å²) in [6.45, 7) is 1.12. The third-order valence-corrected chi connectivity index (χ3v) is 2.60. The number of hydrogen-bond donors (Lipinski definition) is 0. The maximum absolute atomic E-state index is 11.6. The molecule has 0 aliphatic rings. The molecule has 0 saturated heterocycles. The topological polar surface area (TPSA) is 48.0 Å². The normalized spacial score (nSPS) is 9.85. The molecule has 0 amide bonds. The van der Waals surface area contributed by atoms with Crippen molar-refractivity contribution < 1.29 is 19.0 Å². The summed E-state index contributed by atoms with van der Waals surface area (Å²) in [4.78, 5) is 13.6. The number of likely N-dealkylation sites (N-methyl/N-ethyl adjacent to an activating group) is 1. The van der Waals surface area contributed by atoms with Gasteiger partial charge in [-0.05, 0) is 31.8 Å². The van der Waals surface area contributed by atoms with Gasteiger partial charge in [0.25, 0.3) is 0 Å². The first kappa shape index (κ1) is 18.5. The highest BCUT2D eigenvalue weighted by Gasteiger charge is 2.09. The summed E-state index contributed by atoms with van der Waals surface area (Å²) in [5.74, 6) is 1.02. The highest BCUT2D eigenvalue weighted by molar-refractivity contribution is 5.85. The second-order valence-electron chi connectivity index (χ2n) is 4.39. The summed E-state index contributed by atoms with van der Waals surface area (Å²) in [6, 6.07) is 5.39. The van der Waals surface area contributed by atoms with Gasteiger partial charge in [-0.25, -0.2) is 0 Å². The fraction of sp³-hybridized carbons (Fsp3) is 0.500. The number of ether oxygens (including phenoxy) is 3. The predicted octanol–water partition coefficient (Wildman–Crippen LogP) is 1.77. The molecule has 20 heavy (non-hydrogen) atoms. The molecule has 0 heterocycles. The number of hydrogen-bond acceptors (Lipinski definition) is 5. The Hall–Kier alpha value is -1.46. The Morgan fingerprint density at radius 2 is 1.80 bits per heavy atom. The average Bonchev–Trinajstić information content (AvgIpc) is 2.38. The van der Waals surface area contributed by atoms with Crippen LogP contribution in [0.4, 0.5) is 0 Å². The zero-order chi connectivity index (χ0) is 14.3. The number of carbonyl (C=O) groups excluding carboxylic acids is 1. The van der Waals surface area contributed by atoms with E-state index < -0.39 is 0 Å². The van der Waals surface area contributed by atoms with E-state index in [1.807, 2.05) is 25.1 Å². The van der Waals surface area contributed by atoms with Gasteiger partial charge in [0.15, 0.2) is 11.5 Å². The van der Waals surface area contributed by atoms with E-state index in [4.69, 9.17) is 14.2 Å². The van der Waals surface area contributed by atoms with Gasteiger partial charge in [-0.15, -0.1) is 12.4 Å². The molecule has 5 nitrogen and oxygen atoms in total. The van der Waals surface area contributed by atoms with Crippen LogP contribution >= 0.6 is 12.4 Å². The van der Waals surface area contributed by atoms with Crippen LogP contribution in [0.15, 0.2) is 18.2 Å². The van der Waals surface area contributed by atoms with E-state index >= 15 is 0 Å². The van der Waals surface area contributed by atoms with Crippen LogP contribution in [0.3, 0.4) is 0 Å². The molecule has 114 valence electrons. The zero-order valence-corrected chi connectivity index (χ0v) is 13.2. The van der Waals surface area contributed by atoms with Crippen molar-refractivity contribution in [3.8, 4) is 11.5 Å². The van der Waals surface area contributed by atoms with Gasteiger partial charge in [0.05, 0.1) is 20.6 Å². The molecule has 0 saturated carbocycles.